The minimum Gasteiger partial charge on any atom is -0.480 e. The summed E-state index contributed by atoms with van der Waals surface area (Å²) in [4.78, 5) is 22.7. The van der Waals surface area contributed by atoms with Crippen molar-refractivity contribution in [3.8, 4) is 0 Å². The topological polar surface area (TPSA) is 78.4 Å². The van der Waals surface area contributed by atoms with Crippen molar-refractivity contribution >= 4 is 12.0 Å². The molecule has 0 aromatic heterocycles. The smallest absolute Gasteiger partial charge is 0.326 e. The number of hydrogen-bond donors (Lipinski definition) is 3. The molecule has 0 aliphatic heterocycles. The van der Waals surface area contributed by atoms with Crippen molar-refractivity contribution in [2.24, 2.45) is 11.8 Å². The number of hydrogen-bond acceptors (Lipinski definition) is 2. The maximum Gasteiger partial charge on any atom is 0.326 e. The Morgan fingerprint density at radius 2 is 1.89 bits per heavy atom. The maximum absolute atomic E-state index is 11.7. The predicted molar refractivity (Wildman–Crippen MR) is 69.3 cm³/mol. The molecule has 3 N–H and O–H groups in total. The molecule has 0 aromatic rings. The molecule has 0 radical (unpaired) electrons. The Morgan fingerprint density at radius 1 is 1.28 bits per heavy atom. The first kappa shape index (κ1) is 14.8. The largest absolute Gasteiger partial charge is 0.480 e. The quantitative estimate of drug-likeness (QED) is 0.651. The first-order valence-corrected chi connectivity index (χ1v) is 6.73. The molecule has 1 aliphatic rings. The highest BCUT2D eigenvalue weighted by molar-refractivity contribution is 5.82. The van der Waals surface area contributed by atoms with Crippen molar-refractivity contribution in [3.05, 3.63) is 0 Å². The van der Waals surface area contributed by atoms with Gasteiger partial charge in [-0.3, -0.25) is 0 Å². The molecule has 5 heteroatoms. The van der Waals surface area contributed by atoms with Crippen molar-refractivity contribution in [1.82, 2.24) is 10.6 Å². The Kier molecular flexibility index (Phi) is 5.44. The summed E-state index contributed by atoms with van der Waals surface area (Å²) in [5.74, 6) is -0.372. The van der Waals surface area contributed by atoms with Crippen LogP contribution in [-0.4, -0.2) is 29.2 Å². The zero-order valence-corrected chi connectivity index (χ0v) is 11.4. The lowest BCUT2D eigenvalue weighted by Gasteiger charge is -2.21. The fourth-order valence-electron chi connectivity index (χ4n) is 1.97. The van der Waals surface area contributed by atoms with Crippen LogP contribution in [0, 0.1) is 11.8 Å². The third-order valence-electron chi connectivity index (χ3n) is 3.36. The molecule has 1 unspecified atom stereocenters. The molecule has 2 amide bonds. The zero-order chi connectivity index (χ0) is 13.7. The molecule has 2 atom stereocenters. The lowest BCUT2D eigenvalue weighted by Crippen LogP contribution is -2.51. The number of urea groups is 1. The predicted octanol–water partition coefficient (Wildman–Crippen LogP) is 1.97. The van der Waals surface area contributed by atoms with Crippen LogP contribution in [-0.2, 0) is 4.79 Å². The number of carboxylic acids is 1. The van der Waals surface area contributed by atoms with Gasteiger partial charge in [0.25, 0.3) is 0 Å². The molecular weight excluding hydrogens is 232 g/mol. The molecule has 1 aliphatic carbocycles. The van der Waals surface area contributed by atoms with E-state index < -0.39 is 12.0 Å². The minimum absolute atomic E-state index is 0.128. The van der Waals surface area contributed by atoms with Crippen molar-refractivity contribution in [2.45, 2.75) is 58.5 Å². The van der Waals surface area contributed by atoms with Crippen LogP contribution >= 0.6 is 0 Å². The molecule has 1 rings (SSSR count). The molecule has 1 saturated carbocycles. The summed E-state index contributed by atoms with van der Waals surface area (Å²) in [5.41, 5.74) is 0. The monoisotopic (exact) mass is 256 g/mol. The van der Waals surface area contributed by atoms with E-state index in [1.165, 1.54) is 12.8 Å². The highest BCUT2D eigenvalue weighted by atomic mass is 16.4. The van der Waals surface area contributed by atoms with Gasteiger partial charge in [-0.05, 0) is 24.7 Å². The van der Waals surface area contributed by atoms with Crippen LogP contribution in [0.4, 0.5) is 4.79 Å². The van der Waals surface area contributed by atoms with Crippen LogP contribution in [0.3, 0.4) is 0 Å². The van der Waals surface area contributed by atoms with Crippen LogP contribution < -0.4 is 10.6 Å². The summed E-state index contributed by atoms with van der Waals surface area (Å²) in [6.45, 7) is 5.59. The highest BCUT2D eigenvalue weighted by Crippen LogP contribution is 2.33. The Bertz CT molecular complexity index is 301. The molecule has 5 nitrogen and oxygen atoms in total. The second-order valence-electron chi connectivity index (χ2n) is 5.46. The molecule has 0 aromatic carbocycles. The summed E-state index contributed by atoms with van der Waals surface area (Å²) >= 11 is 0. The fourth-order valence-corrected chi connectivity index (χ4v) is 1.97. The number of nitrogens with one attached hydrogen (secondary N) is 2. The van der Waals surface area contributed by atoms with E-state index in [0.29, 0.717) is 0 Å². The molecule has 104 valence electrons. The summed E-state index contributed by atoms with van der Waals surface area (Å²) in [7, 11) is 0. The first-order valence-electron chi connectivity index (χ1n) is 6.73. The van der Waals surface area contributed by atoms with Crippen LogP contribution in [0.25, 0.3) is 0 Å². The van der Waals surface area contributed by atoms with Crippen LogP contribution in [0.2, 0.25) is 0 Å². The number of carbonyl (C=O) groups is 2. The number of rotatable bonds is 7. The van der Waals surface area contributed by atoms with E-state index >= 15 is 0 Å². The van der Waals surface area contributed by atoms with E-state index in [-0.39, 0.29) is 18.0 Å². The van der Waals surface area contributed by atoms with Crippen molar-refractivity contribution in [3.63, 3.8) is 0 Å². The molecule has 0 spiro atoms. The van der Waals surface area contributed by atoms with Gasteiger partial charge in [-0.1, -0.05) is 33.6 Å². The average molecular weight is 256 g/mol. The van der Waals surface area contributed by atoms with E-state index in [9.17, 15) is 9.59 Å². The van der Waals surface area contributed by atoms with Crippen molar-refractivity contribution in [1.29, 1.82) is 0 Å². The molecule has 0 bridgehead atoms. The Hall–Kier alpha value is -1.26. The second-order valence-corrected chi connectivity index (χ2v) is 5.46. The molecule has 18 heavy (non-hydrogen) atoms. The summed E-state index contributed by atoms with van der Waals surface area (Å²) in [5, 5.41) is 14.4. The number of amides is 2. The van der Waals surface area contributed by atoms with E-state index in [2.05, 4.69) is 10.6 Å². The Morgan fingerprint density at radius 3 is 2.28 bits per heavy atom. The molecule has 0 heterocycles. The summed E-state index contributed by atoms with van der Waals surface area (Å²) < 4.78 is 0. The number of carboxylic acid groups (broad SMARTS) is 1. The Balaban J connectivity index is 2.39. The maximum atomic E-state index is 11.7. The normalized spacial score (nSPS) is 18.2. The van der Waals surface area contributed by atoms with Gasteiger partial charge in [0.05, 0.1) is 0 Å². The van der Waals surface area contributed by atoms with E-state index in [1.54, 1.807) is 13.8 Å². The lowest BCUT2D eigenvalue weighted by molar-refractivity contribution is -0.140. The molecular formula is C13H24N2O3. The van der Waals surface area contributed by atoms with E-state index in [1.807, 2.05) is 6.92 Å². The highest BCUT2D eigenvalue weighted by Gasteiger charge is 2.27. The van der Waals surface area contributed by atoms with Gasteiger partial charge in [0.15, 0.2) is 0 Å². The van der Waals surface area contributed by atoms with Gasteiger partial charge in [-0.25, -0.2) is 9.59 Å². The fraction of sp³-hybridized carbons (Fsp3) is 0.846. The molecule has 0 saturated heterocycles. The standard InChI is InChI=1S/C13H24N2O3/c1-4-10(7-9-5-6-9)14-13(18)15-11(8(2)3)12(16)17/h8-11H,4-7H2,1-3H3,(H,16,17)(H2,14,15,18)/t10?,11-/m0/s1. The third kappa shape index (κ3) is 4.94. The zero-order valence-electron chi connectivity index (χ0n) is 11.4. The van der Waals surface area contributed by atoms with Crippen LogP contribution in [0.15, 0.2) is 0 Å². The van der Waals surface area contributed by atoms with Crippen LogP contribution in [0.5, 0.6) is 0 Å². The third-order valence-corrected chi connectivity index (χ3v) is 3.36. The van der Waals surface area contributed by atoms with Crippen molar-refractivity contribution in [2.75, 3.05) is 0 Å². The van der Waals surface area contributed by atoms with Crippen molar-refractivity contribution < 1.29 is 14.7 Å². The lowest BCUT2D eigenvalue weighted by atomic mass is 10.1. The van der Waals surface area contributed by atoms with Gasteiger partial charge in [-0.2, -0.15) is 0 Å². The van der Waals surface area contributed by atoms with Gasteiger partial charge >= 0.3 is 12.0 Å². The summed E-state index contributed by atoms with van der Waals surface area (Å²) in [6.07, 6.45) is 4.39. The van der Waals surface area contributed by atoms with Gasteiger partial charge in [0, 0.05) is 6.04 Å². The van der Waals surface area contributed by atoms with Gasteiger partial charge in [0.1, 0.15) is 6.04 Å². The van der Waals surface area contributed by atoms with E-state index in [0.717, 1.165) is 18.8 Å². The number of aliphatic carboxylic acids is 1. The summed E-state index contributed by atoms with van der Waals surface area (Å²) in [6, 6.07) is -1.05. The minimum atomic E-state index is -0.990. The first-order chi connectivity index (χ1) is 8.43. The second kappa shape index (κ2) is 6.61. The van der Waals surface area contributed by atoms with Gasteiger partial charge < -0.3 is 15.7 Å². The average Bonchev–Trinajstić information content (AvgIpc) is 3.08. The molecule has 1 fully saturated rings. The Labute approximate surface area is 108 Å². The van der Waals surface area contributed by atoms with Crippen LogP contribution in [0.1, 0.15) is 46.5 Å². The SMILES string of the molecule is CCC(CC1CC1)NC(=O)N[C@H](C(=O)O)C(C)C. The van der Waals surface area contributed by atoms with Gasteiger partial charge in [0.2, 0.25) is 0 Å². The van der Waals surface area contributed by atoms with Gasteiger partial charge in [-0.15, -0.1) is 0 Å². The van der Waals surface area contributed by atoms with E-state index in [4.69, 9.17) is 5.11 Å². The number of carbonyl (C=O) groups excluding carboxylic acids is 1.